The highest BCUT2D eigenvalue weighted by Gasteiger charge is 2.25. The molecule has 1 aromatic carbocycles. The maximum atomic E-state index is 4.59. The fourth-order valence-corrected chi connectivity index (χ4v) is 2.43. The van der Waals surface area contributed by atoms with Gasteiger partial charge in [0.2, 0.25) is 0 Å². The van der Waals surface area contributed by atoms with Crippen LogP contribution in [0, 0.1) is 0 Å². The van der Waals surface area contributed by atoms with E-state index in [1.165, 1.54) is 0 Å². The van der Waals surface area contributed by atoms with Crippen LogP contribution in [0.3, 0.4) is 0 Å². The van der Waals surface area contributed by atoms with Gasteiger partial charge in [0.1, 0.15) is 5.82 Å². The van der Waals surface area contributed by atoms with Gasteiger partial charge in [-0.05, 0) is 18.9 Å². The van der Waals surface area contributed by atoms with Crippen molar-refractivity contribution in [2.45, 2.75) is 39.0 Å². The molecular weight excluding hydrogens is 272 g/mol. The van der Waals surface area contributed by atoms with Gasteiger partial charge in [-0.3, -0.25) is 0 Å². The highest BCUT2D eigenvalue weighted by molar-refractivity contribution is 5.79. The standard InChI is InChI=1S/C18H20N4/c1-4-18(3,5-2)17-20-11-14(12-21-17)16-19-10-13-8-6-7-9-15(13)22-16/h6-12H,4-5H2,1-3H3. The van der Waals surface area contributed by atoms with E-state index in [0.29, 0.717) is 5.82 Å². The zero-order valence-corrected chi connectivity index (χ0v) is 13.2. The Bertz CT molecular complexity index is 776. The highest BCUT2D eigenvalue weighted by atomic mass is 14.9. The summed E-state index contributed by atoms with van der Waals surface area (Å²) in [7, 11) is 0. The Hall–Kier alpha value is -2.36. The highest BCUT2D eigenvalue weighted by Crippen LogP contribution is 2.28. The first kappa shape index (κ1) is 14.6. The Labute approximate surface area is 130 Å². The number of fused-ring (bicyclic) bond motifs is 1. The van der Waals surface area contributed by atoms with E-state index in [1.54, 1.807) is 0 Å². The third-order valence-electron chi connectivity index (χ3n) is 4.50. The van der Waals surface area contributed by atoms with Crippen LogP contribution in [0.15, 0.2) is 42.9 Å². The molecule has 0 N–H and O–H groups in total. The van der Waals surface area contributed by atoms with Gasteiger partial charge in [0.25, 0.3) is 0 Å². The molecule has 2 aromatic heterocycles. The number of rotatable bonds is 4. The first-order chi connectivity index (χ1) is 10.7. The van der Waals surface area contributed by atoms with E-state index in [0.717, 1.165) is 35.1 Å². The molecule has 0 unspecified atom stereocenters. The molecule has 0 bridgehead atoms. The second-order valence-corrected chi connectivity index (χ2v) is 5.82. The zero-order valence-electron chi connectivity index (χ0n) is 13.2. The van der Waals surface area contributed by atoms with Gasteiger partial charge in [-0.25, -0.2) is 19.9 Å². The Kier molecular flexibility index (Phi) is 3.84. The van der Waals surface area contributed by atoms with Crippen molar-refractivity contribution in [3.63, 3.8) is 0 Å². The maximum Gasteiger partial charge on any atom is 0.162 e. The van der Waals surface area contributed by atoms with E-state index in [2.05, 4.69) is 40.7 Å². The average Bonchev–Trinajstić information content (AvgIpc) is 2.61. The van der Waals surface area contributed by atoms with Gasteiger partial charge in [-0.15, -0.1) is 0 Å². The summed E-state index contributed by atoms with van der Waals surface area (Å²) in [5.74, 6) is 1.56. The molecular formula is C18H20N4. The predicted molar refractivity (Wildman–Crippen MR) is 88.5 cm³/mol. The number of para-hydroxylation sites is 1. The van der Waals surface area contributed by atoms with E-state index in [1.807, 2.05) is 42.9 Å². The number of hydrogen-bond donors (Lipinski definition) is 0. The van der Waals surface area contributed by atoms with Crippen LogP contribution in [0.4, 0.5) is 0 Å². The molecule has 0 aliphatic rings. The molecule has 2 heterocycles. The van der Waals surface area contributed by atoms with Crippen LogP contribution >= 0.6 is 0 Å². The van der Waals surface area contributed by atoms with Crippen molar-refractivity contribution in [1.29, 1.82) is 0 Å². The van der Waals surface area contributed by atoms with Gasteiger partial charge >= 0.3 is 0 Å². The maximum absolute atomic E-state index is 4.59. The lowest BCUT2D eigenvalue weighted by Crippen LogP contribution is -2.22. The number of hydrogen-bond acceptors (Lipinski definition) is 4. The Morgan fingerprint density at radius 1 is 0.909 bits per heavy atom. The lowest BCUT2D eigenvalue weighted by atomic mass is 9.84. The summed E-state index contributed by atoms with van der Waals surface area (Å²) in [6.07, 6.45) is 7.55. The molecule has 3 rings (SSSR count). The molecule has 0 spiro atoms. The van der Waals surface area contributed by atoms with Crippen LogP contribution in [0.25, 0.3) is 22.3 Å². The molecule has 22 heavy (non-hydrogen) atoms. The van der Waals surface area contributed by atoms with Crippen LogP contribution in [0.5, 0.6) is 0 Å². The molecule has 3 aromatic rings. The smallest absolute Gasteiger partial charge is 0.162 e. The first-order valence-electron chi connectivity index (χ1n) is 7.71. The fraction of sp³-hybridized carbons (Fsp3) is 0.333. The van der Waals surface area contributed by atoms with Gasteiger partial charge < -0.3 is 0 Å². The third-order valence-corrected chi connectivity index (χ3v) is 4.50. The summed E-state index contributed by atoms with van der Waals surface area (Å²) in [6.45, 7) is 6.55. The van der Waals surface area contributed by atoms with Crippen molar-refractivity contribution in [2.24, 2.45) is 0 Å². The van der Waals surface area contributed by atoms with E-state index in [-0.39, 0.29) is 5.41 Å². The van der Waals surface area contributed by atoms with E-state index >= 15 is 0 Å². The summed E-state index contributed by atoms with van der Waals surface area (Å²) in [5, 5.41) is 1.04. The van der Waals surface area contributed by atoms with Gasteiger partial charge in [-0.2, -0.15) is 0 Å². The molecule has 0 saturated heterocycles. The fourth-order valence-electron chi connectivity index (χ4n) is 2.43. The molecule has 0 saturated carbocycles. The van der Waals surface area contributed by atoms with Gasteiger partial charge in [-0.1, -0.05) is 39.0 Å². The normalized spacial score (nSPS) is 11.8. The van der Waals surface area contributed by atoms with E-state index in [9.17, 15) is 0 Å². The Morgan fingerprint density at radius 2 is 1.59 bits per heavy atom. The van der Waals surface area contributed by atoms with Crippen LogP contribution in [0.2, 0.25) is 0 Å². The lowest BCUT2D eigenvalue weighted by molar-refractivity contribution is 0.412. The molecule has 0 fully saturated rings. The summed E-state index contributed by atoms with van der Waals surface area (Å²) in [4.78, 5) is 18.1. The predicted octanol–water partition coefficient (Wildman–Crippen LogP) is 4.16. The zero-order chi connectivity index (χ0) is 15.6. The van der Waals surface area contributed by atoms with Gasteiger partial charge in [0, 0.05) is 29.4 Å². The summed E-state index contributed by atoms with van der Waals surface area (Å²) < 4.78 is 0. The molecule has 0 atom stereocenters. The third kappa shape index (κ3) is 2.56. The minimum absolute atomic E-state index is 0.0305. The molecule has 0 radical (unpaired) electrons. The van der Waals surface area contributed by atoms with Crippen molar-refractivity contribution in [2.75, 3.05) is 0 Å². The molecule has 112 valence electrons. The van der Waals surface area contributed by atoms with Gasteiger partial charge in [0.05, 0.1) is 11.1 Å². The Morgan fingerprint density at radius 3 is 2.27 bits per heavy atom. The van der Waals surface area contributed by atoms with Crippen LogP contribution in [-0.2, 0) is 5.41 Å². The monoisotopic (exact) mass is 292 g/mol. The summed E-state index contributed by atoms with van der Waals surface area (Å²) in [6, 6.07) is 7.96. The topological polar surface area (TPSA) is 51.6 Å². The second-order valence-electron chi connectivity index (χ2n) is 5.82. The lowest BCUT2D eigenvalue weighted by Gasteiger charge is -2.24. The number of benzene rings is 1. The molecule has 0 amide bonds. The van der Waals surface area contributed by atoms with Crippen LogP contribution < -0.4 is 0 Å². The average molecular weight is 292 g/mol. The molecule has 4 nitrogen and oxygen atoms in total. The SMILES string of the molecule is CCC(C)(CC)c1ncc(-c2ncc3ccccc3n2)cn1. The van der Waals surface area contributed by atoms with Crippen LogP contribution in [-0.4, -0.2) is 19.9 Å². The van der Waals surface area contributed by atoms with Crippen LogP contribution in [0.1, 0.15) is 39.4 Å². The minimum Gasteiger partial charge on any atom is -0.240 e. The largest absolute Gasteiger partial charge is 0.240 e. The van der Waals surface area contributed by atoms with Crippen molar-refractivity contribution in [1.82, 2.24) is 19.9 Å². The summed E-state index contributed by atoms with van der Waals surface area (Å²) >= 11 is 0. The summed E-state index contributed by atoms with van der Waals surface area (Å²) in [5.41, 5.74) is 1.82. The van der Waals surface area contributed by atoms with E-state index in [4.69, 9.17) is 0 Å². The van der Waals surface area contributed by atoms with Crippen molar-refractivity contribution >= 4 is 10.9 Å². The van der Waals surface area contributed by atoms with Crippen molar-refractivity contribution in [3.05, 3.63) is 48.7 Å². The van der Waals surface area contributed by atoms with Crippen molar-refractivity contribution < 1.29 is 0 Å². The first-order valence-corrected chi connectivity index (χ1v) is 7.71. The molecule has 4 heteroatoms. The van der Waals surface area contributed by atoms with Crippen molar-refractivity contribution in [3.8, 4) is 11.4 Å². The van der Waals surface area contributed by atoms with E-state index < -0.39 is 0 Å². The Balaban J connectivity index is 1.97. The van der Waals surface area contributed by atoms with Gasteiger partial charge in [0.15, 0.2) is 5.82 Å². The minimum atomic E-state index is 0.0305. The molecule has 0 aliphatic carbocycles. The number of nitrogens with zero attached hydrogens (tertiary/aromatic N) is 4. The second kappa shape index (κ2) is 5.79. The quantitative estimate of drug-likeness (QED) is 0.724. The number of aromatic nitrogens is 4. The molecule has 0 aliphatic heterocycles.